The van der Waals surface area contributed by atoms with Crippen LogP contribution < -0.4 is 5.32 Å². The maximum Gasteiger partial charge on any atom is 0.247 e. The second-order valence-corrected chi connectivity index (χ2v) is 7.65. The summed E-state index contributed by atoms with van der Waals surface area (Å²) >= 11 is 5.87. The van der Waals surface area contributed by atoms with Crippen LogP contribution in [-0.2, 0) is 15.0 Å². The molecule has 1 unspecified atom stereocenters. The number of rotatable bonds is 4. The molecule has 2 fully saturated rings. The van der Waals surface area contributed by atoms with Crippen molar-refractivity contribution in [1.82, 2.24) is 4.90 Å². The van der Waals surface area contributed by atoms with E-state index in [0.717, 1.165) is 6.42 Å². The van der Waals surface area contributed by atoms with Gasteiger partial charge in [-0.05, 0) is 56.0 Å². The van der Waals surface area contributed by atoms with Crippen LogP contribution in [0.1, 0.15) is 31.2 Å². The number of likely N-dealkylation sites (tertiary alicyclic amines) is 1. The Morgan fingerprint density at radius 3 is 2.48 bits per heavy atom. The van der Waals surface area contributed by atoms with Crippen LogP contribution in [-0.4, -0.2) is 29.3 Å². The molecule has 4 nitrogen and oxygen atoms in total. The average Bonchev–Trinajstić information content (AvgIpc) is 3.32. The summed E-state index contributed by atoms with van der Waals surface area (Å²) in [6, 6.07) is 12.8. The number of benzene rings is 2. The fourth-order valence-corrected chi connectivity index (χ4v) is 4.01. The van der Waals surface area contributed by atoms with Crippen molar-refractivity contribution in [1.29, 1.82) is 0 Å². The van der Waals surface area contributed by atoms with Gasteiger partial charge < -0.3 is 10.2 Å². The van der Waals surface area contributed by atoms with E-state index in [4.69, 9.17) is 11.6 Å². The van der Waals surface area contributed by atoms with Crippen LogP contribution in [0.15, 0.2) is 48.5 Å². The Labute approximate surface area is 162 Å². The van der Waals surface area contributed by atoms with Crippen LogP contribution in [0.25, 0.3) is 0 Å². The lowest BCUT2D eigenvalue weighted by molar-refractivity contribution is -0.138. The van der Waals surface area contributed by atoms with Crippen LogP contribution in [0.5, 0.6) is 0 Å². The highest BCUT2D eigenvalue weighted by Crippen LogP contribution is 2.51. The molecule has 0 aromatic heterocycles. The van der Waals surface area contributed by atoms with E-state index in [1.54, 1.807) is 47.4 Å². The van der Waals surface area contributed by atoms with Gasteiger partial charge in [0.2, 0.25) is 11.8 Å². The van der Waals surface area contributed by atoms with Crippen molar-refractivity contribution in [3.05, 3.63) is 64.9 Å². The van der Waals surface area contributed by atoms with E-state index in [9.17, 15) is 14.0 Å². The topological polar surface area (TPSA) is 49.4 Å². The van der Waals surface area contributed by atoms with Gasteiger partial charge in [-0.15, -0.1) is 0 Å². The predicted octanol–water partition coefficient (Wildman–Crippen LogP) is 4.14. The third kappa shape index (κ3) is 3.32. The molecule has 2 aromatic carbocycles. The standard InChI is InChI=1S/C21H20ClFN2O2/c22-14-7-9-15(10-8-14)24-19(26)18-6-3-13-25(18)20(27)21(11-12-21)16-4-1-2-5-17(16)23/h1-2,4-5,7-10,18H,3,6,11-13H2,(H,24,26). The molecule has 27 heavy (non-hydrogen) atoms. The van der Waals surface area contributed by atoms with E-state index in [1.807, 2.05) is 0 Å². The molecule has 2 aromatic rings. The Bertz CT molecular complexity index is 880. The molecule has 1 aliphatic heterocycles. The molecule has 140 valence electrons. The lowest BCUT2D eigenvalue weighted by Gasteiger charge is -2.28. The lowest BCUT2D eigenvalue weighted by atomic mass is 9.93. The van der Waals surface area contributed by atoms with Crippen LogP contribution in [0.3, 0.4) is 0 Å². The maximum absolute atomic E-state index is 14.3. The molecule has 4 rings (SSSR count). The molecule has 0 radical (unpaired) electrons. The van der Waals surface area contributed by atoms with E-state index < -0.39 is 11.5 Å². The Kier molecular flexibility index (Phi) is 4.64. The predicted molar refractivity (Wildman–Crippen MR) is 102 cm³/mol. The van der Waals surface area contributed by atoms with Crippen molar-refractivity contribution in [3.63, 3.8) is 0 Å². The normalized spacial score (nSPS) is 20.4. The summed E-state index contributed by atoms with van der Waals surface area (Å²) < 4.78 is 14.3. The highest BCUT2D eigenvalue weighted by molar-refractivity contribution is 6.30. The molecule has 2 amide bonds. The molecule has 6 heteroatoms. The molecular formula is C21H20ClFN2O2. The van der Waals surface area contributed by atoms with Gasteiger partial charge >= 0.3 is 0 Å². The summed E-state index contributed by atoms with van der Waals surface area (Å²) in [6.45, 7) is 0.522. The number of hydrogen-bond acceptors (Lipinski definition) is 2. The Hall–Kier alpha value is -2.40. The van der Waals surface area contributed by atoms with Gasteiger partial charge in [0.25, 0.3) is 0 Å². The van der Waals surface area contributed by atoms with Crippen LogP contribution in [0, 0.1) is 5.82 Å². The van der Waals surface area contributed by atoms with Gasteiger partial charge in [0.1, 0.15) is 11.9 Å². The minimum Gasteiger partial charge on any atom is -0.330 e. The van der Waals surface area contributed by atoms with Gasteiger partial charge in [0.15, 0.2) is 0 Å². The van der Waals surface area contributed by atoms with Crippen molar-refractivity contribution < 1.29 is 14.0 Å². The van der Waals surface area contributed by atoms with Crippen LogP contribution in [0.4, 0.5) is 10.1 Å². The van der Waals surface area contributed by atoms with E-state index in [1.165, 1.54) is 6.07 Å². The van der Waals surface area contributed by atoms with Crippen molar-refractivity contribution in [2.24, 2.45) is 0 Å². The molecule has 1 aliphatic carbocycles. The number of carbonyl (C=O) groups excluding carboxylic acids is 2. The smallest absolute Gasteiger partial charge is 0.247 e. The summed E-state index contributed by atoms with van der Waals surface area (Å²) in [4.78, 5) is 27.6. The summed E-state index contributed by atoms with van der Waals surface area (Å²) in [5, 5.41) is 3.44. The molecule has 1 heterocycles. The van der Waals surface area contributed by atoms with Crippen molar-refractivity contribution in [2.45, 2.75) is 37.1 Å². The average molecular weight is 387 g/mol. The van der Waals surface area contributed by atoms with Gasteiger partial charge in [-0.2, -0.15) is 0 Å². The largest absolute Gasteiger partial charge is 0.330 e. The second kappa shape index (κ2) is 6.97. The first-order valence-corrected chi connectivity index (χ1v) is 9.51. The molecule has 1 atom stereocenters. The van der Waals surface area contributed by atoms with Gasteiger partial charge in [-0.1, -0.05) is 29.8 Å². The summed E-state index contributed by atoms with van der Waals surface area (Å²) in [5.74, 6) is -0.710. The minimum atomic E-state index is -0.811. The molecule has 1 N–H and O–H groups in total. The quantitative estimate of drug-likeness (QED) is 0.858. The van der Waals surface area contributed by atoms with Crippen molar-refractivity contribution >= 4 is 29.1 Å². The first kappa shape index (κ1) is 18.0. The fourth-order valence-electron chi connectivity index (χ4n) is 3.89. The fraction of sp³-hybridized carbons (Fsp3) is 0.333. The van der Waals surface area contributed by atoms with Crippen molar-refractivity contribution in [2.75, 3.05) is 11.9 Å². The molecule has 1 saturated carbocycles. The number of carbonyl (C=O) groups is 2. The third-order valence-corrected chi connectivity index (χ3v) is 5.73. The Balaban J connectivity index is 1.53. The molecule has 0 spiro atoms. The van der Waals surface area contributed by atoms with Gasteiger partial charge in [0, 0.05) is 22.8 Å². The number of hydrogen-bond donors (Lipinski definition) is 1. The van der Waals surface area contributed by atoms with E-state index >= 15 is 0 Å². The zero-order valence-corrected chi connectivity index (χ0v) is 15.5. The number of halogens is 2. The minimum absolute atomic E-state index is 0.138. The number of nitrogens with one attached hydrogen (secondary N) is 1. The monoisotopic (exact) mass is 386 g/mol. The highest BCUT2D eigenvalue weighted by Gasteiger charge is 2.56. The summed E-state index contributed by atoms with van der Waals surface area (Å²) in [5.41, 5.74) is 0.270. The van der Waals surface area contributed by atoms with Gasteiger partial charge in [-0.3, -0.25) is 9.59 Å². The van der Waals surface area contributed by atoms with E-state index in [0.29, 0.717) is 42.1 Å². The zero-order chi connectivity index (χ0) is 19.0. The number of nitrogens with zero attached hydrogens (tertiary/aromatic N) is 1. The highest BCUT2D eigenvalue weighted by atomic mass is 35.5. The summed E-state index contributed by atoms with van der Waals surface area (Å²) in [6.07, 6.45) is 2.61. The molecule has 2 aliphatic rings. The number of amides is 2. The Morgan fingerprint density at radius 1 is 1.11 bits per heavy atom. The van der Waals surface area contributed by atoms with Gasteiger partial charge in [0.05, 0.1) is 5.41 Å². The van der Waals surface area contributed by atoms with Crippen LogP contribution in [0.2, 0.25) is 5.02 Å². The van der Waals surface area contributed by atoms with Crippen LogP contribution >= 0.6 is 11.6 Å². The van der Waals surface area contributed by atoms with E-state index in [-0.39, 0.29) is 17.6 Å². The molecule has 0 bridgehead atoms. The summed E-state index contributed by atoms with van der Waals surface area (Å²) in [7, 11) is 0. The number of anilines is 1. The zero-order valence-electron chi connectivity index (χ0n) is 14.8. The first-order valence-electron chi connectivity index (χ1n) is 9.14. The second-order valence-electron chi connectivity index (χ2n) is 7.21. The Morgan fingerprint density at radius 2 is 1.81 bits per heavy atom. The SMILES string of the molecule is O=C(Nc1ccc(Cl)cc1)C1CCCN1C(=O)C1(c2ccccc2F)CC1. The third-order valence-electron chi connectivity index (χ3n) is 5.48. The van der Waals surface area contributed by atoms with Gasteiger partial charge in [-0.25, -0.2) is 4.39 Å². The lowest BCUT2D eigenvalue weighted by Crippen LogP contribution is -2.47. The maximum atomic E-state index is 14.3. The first-order chi connectivity index (χ1) is 13.0. The molecule has 1 saturated heterocycles. The van der Waals surface area contributed by atoms with E-state index in [2.05, 4.69) is 5.32 Å². The van der Waals surface area contributed by atoms with Crippen molar-refractivity contribution in [3.8, 4) is 0 Å². The molecular weight excluding hydrogens is 367 g/mol.